The van der Waals surface area contributed by atoms with E-state index in [2.05, 4.69) is 0 Å². The average Bonchev–Trinajstić information content (AvgIpc) is 1.86. The van der Waals surface area contributed by atoms with Gasteiger partial charge >= 0.3 is 5.97 Å². The van der Waals surface area contributed by atoms with Crippen molar-refractivity contribution in [3.05, 3.63) is 0 Å². The fraction of sp³-hybridized carbons (Fsp3) is 0.875. The quantitative estimate of drug-likeness (QED) is 0.634. The van der Waals surface area contributed by atoms with Crippen molar-refractivity contribution in [3.8, 4) is 0 Å². The summed E-state index contributed by atoms with van der Waals surface area (Å²) in [6.45, 7) is 3.66. The van der Waals surface area contributed by atoms with Crippen LogP contribution in [0.5, 0.6) is 0 Å². The van der Waals surface area contributed by atoms with Crippen molar-refractivity contribution in [2.45, 2.75) is 39.2 Å². The number of carboxylic acid groups (broad SMARTS) is 1. The van der Waals surface area contributed by atoms with Crippen LogP contribution in [0, 0.1) is 5.92 Å². The summed E-state index contributed by atoms with van der Waals surface area (Å²) in [7, 11) is 0. The molecule has 0 aromatic heterocycles. The van der Waals surface area contributed by atoms with Crippen molar-refractivity contribution < 1.29 is 9.90 Å². The second kappa shape index (κ2) is 5.13. The van der Waals surface area contributed by atoms with Gasteiger partial charge in [0.25, 0.3) is 0 Å². The molecule has 66 valence electrons. The summed E-state index contributed by atoms with van der Waals surface area (Å²) >= 11 is 0. The molecule has 11 heavy (non-hydrogen) atoms. The zero-order valence-corrected chi connectivity index (χ0v) is 7.21. The van der Waals surface area contributed by atoms with E-state index in [0.717, 1.165) is 19.3 Å². The van der Waals surface area contributed by atoms with E-state index in [0.29, 0.717) is 0 Å². The molecule has 0 rings (SSSR count). The van der Waals surface area contributed by atoms with Gasteiger partial charge in [-0.15, -0.1) is 0 Å². The molecule has 0 aromatic carbocycles. The van der Waals surface area contributed by atoms with Crippen LogP contribution in [0.15, 0.2) is 0 Å². The largest absolute Gasteiger partial charge is 0.481 e. The van der Waals surface area contributed by atoms with Gasteiger partial charge in [0.2, 0.25) is 0 Å². The average molecular weight is 159 g/mol. The SMILES string of the molecule is C[C@@H](N)CCC[C@H](C)C(=O)O. The predicted molar refractivity (Wildman–Crippen MR) is 44.3 cm³/mol. The second-order valence-electron chi connectivity index (χ2n) is 3.15. The van der Waals surface area contributed by atoms with E-state index in [1.54, 1.807) is 6.92 Å². The van der Waals surface area contributed by atoms with E-state index in [4.69, 9.17) is 10.8 Å². The lowest BCUT2D eigenvalue weighted by atomic mass is 10.0. The summed E-state index contributed by atoms with van der Waals surface area (Å²) in [6.07, 6.45) is 2.56. The van der Waals surface area contributed by atoms with Crippen molar-refractivity contribution in [2.75, 3.05) is 0 Å². The summed E-state index contributed by atoms with van der Waals surface area (Å²) < 4.78 is 0. The van der Waals surface area contributed by atoms with Gasteiger partial charge in [-0.1, -0.05) is 13.3 Å². The highest BCUT2D eigenvalue weighted by Crippen LogP contribution is 2.08. The Morgan fingerprint density at radius 3 is 2.36 bits per heavy atom. The summed E-state index contributed by atoms with van der Waals surface area (Å²) in [5.74, 6) is -0.941. The smallest absolute Gasteiger partial charge is 0.306 e. The molecule has 0 saturated carbocycles. The number of hydrogen-bond acceptors (Lipinski definition) is 2. The van der Waals surface area contributed by atoms with Crippen LogP contribution in [0.2, 0.25) is 0 Å². The Labute approximate surface area is 67.6 Å². The molecule has 0 fully saturated rings. The summed E-state index contributed by atoms with van der Waals surface area (Å²) in [6, 6.07) is 0.191. The molecule has 0 amide bonds. The van der Waals surface area contributed by atoms with Crippen LogP contribution in [0.1, 0.15) is 33.1 Å². The van der Waals surface area contributed by atoms with Gasteiger partial charge in [-0.05, 0) is 19.8 Å². The molecule has 2 atom stereocenters. The van der Waals surface area contributed by atoms with Crippen LogP contribution in [-0.4, -0.2) is 17.1 Å². The van der Waals surface area contributed by atoms with Crippen LogP contribution >= 0.6 is 0 Å². The summed E-state index contributed by atoms with van der Waals surface area (Å²) in [4.78, 5) is 10.3. The maximum absolute atomic E-state index is 10.3. The number of rotatable bonds is 5. The van der Waals surface area contributed by atoms with Gasteiger partial charge in [0, 0.05) is 6.04 Å². The van der Waals surface area contributed by atoms with Gasteiger partial charge in [-0.25, -0.2) is 0 Å². The standard InChI is InChI=1S/C8H17NO2/c1-6(8(10)11)4-3-5-7(2)9/h6-7H,3-5,9H2,1-2H3,(H,10,11)/t6-,7+/m0/s1. The highest BCUT2D eigenvalue weighted by Gasteiger charge is 2.09. The first-order valence-corrected chi connectivity index (χ1v) is 4.02. The lowest BCUT2D eigenvalue weighted by molar-refractivity contribution is -0.141. The van der Waals surface area contributed by atoms with Crippen molar-refractivity contribution >= 4 is 5.97 Å². The minimum atomic E-state index is -0.713. The first kappa shape index (κ1) is 10.4. The predicted octanol–water partition coefficient (Wildman–Crippen LogP) is 1.22. The van der Waals surface area contributed by atoms with E-state index >= 15 is 0 Å². The Morgan fingerprint density at radius 2 is 2.00 bits per heavy atom. The van der Waals surface area contributed by atoms with Gasteiger partial charge in [0.05, 0.1) is 5.92 Å². The Kier molecular flexibility index (Phi) is 4.86. The molecule has 0 aliphatic rings. The van der Waals surface area contributed by atoms with Crippen LogP contribution < -0.4 is 5.73 Å². The number of nitrogens with two attached hydrogens (primary N) is 1. The van der Waals surface area contributed by atoms with Gasteiger partial charge in [-0.2, -0.15) is 0 Å². The van der Waals surface area contributed by atoms with E-state index in [9.17, 15) is 4.79 Å². The number of hydrogen-bond donors (Lipinski definition) is 2. The molecule has 0 radical (unpaired) electrons. The van der Waals surface area contributed by atoms with Crippen molar-refractivity contribution in [1.29, 1.82) is 0 Å². The summed E-state index contributed by atoms with van der Waals surface area (Å²) in [5, 5.41) is 8.52. The molecule has 0 saturated heterocycles. The minimum Gasteiger partial charge on any atom is -0.481 e. The third-order valence-electron chi connectivity index (χ3n) is 1.72. The third kappa shape index (κ3) is 5.85. The lowest BCUT2D eigenvalue weighted by Crippen LogP contribution is -2.16. The lowest BCUT2D eigenvalue weighted by Gasteiger charge is -2.06. The van der Waals surface area contributed by atoms with Crippen molar-refractivity contribution in [1.82, 2.24) is 0 Å². The molecule has 0 unspecified atom stereocenters. The number of aliphatic carboxylic acids is 1. The maximum atomic E-state index is 10.3. The first-order valence-electron chi connectivity index (χ1n) is 4.02. The Bertz CT molecular complexity index is 123. The fourth-order valence-electron chi connectivity index (χ4n) is 0.869. The molecule has 3 heteroatoms. The second-order valence-corrected chi connectivity index (χ2v) is 3.15. The molecule has 0 bridgehead atoms. The maximum Gasteiger partial charge on any atom is 0.306 e. The van der Waals surface area contributed by atoms with Crippen LogP contribution in [0.4, 0.5) is 0 Å². The summed E-state index contributed by atoms with van der Waals surface area (Å²) in [5.41, 5.74) is 5.51. The first-order chi connectivity index (χ1) is 5.04. The van der Waals surface area contributed by atoms with E-state index < -0.39 is 5.97 Å². The zero-order valence-electron chi connectivity index (χ0n) is 7.21. The minimum absolute atomic E-state index is 0.191. The van der Waals surface area contributed by atoms with Gasteiger partial charge in [-0.3, -0.25) is 4.79 Å². The van der Waals surface area contributed by atoms with Crippen LogP contribution in [-0.2, 0) is 4.79 Å². The van der Waals surface area contributed by atoms with Crippen LogP contribution in [0.25, 0.3) is 0 Å². The number of carboxylic acids is 1. The molecule has 0 heterocycles. The molecular formula is C8H17NO2. The van der Waals surface area contributed by atoms with E-state index in [1.807, 2.05) is 6.92 Å². The van der Waals surface area contributed by atoms with Gasteiger partial charge < -0.3 is 10.8 Å². The zero-order chi connectivity index (χ0) is 8.85. The topological polar surface area (TPSA) is 63.3 Å². The normalized spacial score (nSPS) is 15.9. The molecule has 0 spiro atoms. The third-order valence-corrected chi connectivity index (χ3v) is 1.72. The van der Waals surface area contributed by atoms with Crippen molar-refractivity contribution in [2.24, 2.45) is 11.7 Å². The number of carbonyl (C=O) groups is 1. The highest BCUT2D eigenvalue weighted by atomic mass is 16.4. The van der Waals surface area contributed by atoms with Gasteiger partial charge in [0.15, 0.2) is 0 Å². The Morgan fingerprint density at radius 1 is 1.45 bits per heavy atom. The van der Waals surface area contributed by atoms with Crippen molar-refractivity contribution in [3.63, 3.8) is 0 Å². The molecule has 0 aliphatic heterocycles. The monoisotopic (exact) mass is 159 g/mol. The molecular weight excluding hydrogens is 142 g/mol. The van der Waals surface area contributed by atoms with Gasteiger partial charge in [0.1, 0.15) is 0 Å². The highest BCUT2D eigenvalue weighted by molar-refractivity contribution is 5.69. The molecule has 3 N–H and O–H groups in total. The van der Waals surface area contributed by atoms with E-state index in [1.165, 1.54) is 0 Å². The molecule has 0 aliphatic carbocycles. The Hall–Kier alpha value is -0.570. The Balaban J connectivity index is 3.31. The molecule has 0 aromatic rings. The van der Waals surface area contributed by atoms with E-state index in [-0.39, 0.29) is 12.0 Å². The fourth-order valence-corrected chi connectivity index (χ4v) is 0.869. The molecule has 3 nitrogen and oxygen atoms in total. The van der Waals surface area contributed by atoms with Crippen LogP contribution in [0.3, 0.4) is 0 Å².